The monoisotopic (exact) mass is 384 g/mol. The van der Waals surface area contributed by atoms with Crippen molar-refractivity contribution >= 4 is 15.1 Å². The van der Waals surface area contributed by atoms with Gasteiger partial charge in [-0.25, -0.2) is 4.79 Å². The molecule has 4 atom stereocenters. The van der Waals surface area contributed by atoms with E-state index >= 15 is 0 Å². The number of nitrogens with one attached hydrogen (secondary N) is 1. The molecule has 9 heteroatoms. The number of hydrogen-bond acceptors (Lipinski definition) is 6. The molecule has 1 aliphatic rings. The molecule has 146 valence electrons. The third-order valence-corrected chi connectivity index (χ3v) is 7.93. The smallest absolute Gasteiger partial charge is 0.330 e. The Morgan fingerprint density at radius 1 is 1.42 bits per heavy atom. The van der Waals surface area contributed by atoms with Gasteiger partial charge in [0.1, 0.15) is 23.2 Å². The number of carbonyl (C=O) groups excluding carboxylic acids is 1. The summed E-state index contributed by atoms with van der Waals surface area (Å²) in [6, 6.07) is 0. The number of aryl methyl sites for hydroxylation is 1. The van der Waals surface area contributed by atoms with Crippen molar-refractivity contribution in [1.29, 1.82) is 0 Å². The van der Waals surface area contributed by atoms with E-state index in [1.807, 2.05) is 13.1 Å². The van der Waals surface area contributed by atoms with Crippen LogP contribution in [0, 0.1) is 12.3 Å². The number of aromatic nitrogens is 2. The van der Waals surface area contributed by atoms with Crippen LogP contribution in [0.3, 0.4) is 0 Å². The first-order chi connectivity index (χ1) is 11.8. The van der Waals surface area contributed by atoms with Gasteiger partial charge in [-0.1, -0.05) is 33.9 Å². The van der Waals surface area contributed by atoms with E-state index in [1.54, 1.807) is 27.7 Å². The van der Waals surface area contributed by atoms with Crippen LogP contribution in [0.25, 0.3) is 0 Å². The van der Waals surface area contributed by atoms with Gasteiger partial charge in [-0.2, -0.15) is 0 Å². The highest BCUT2D eigenvalue weighted by Crippen LogP contribution is 2.51. The van der Waals surface area contributed by atoms with E-state index in [4.69, 9.17) is 4.74 Å². The van der Waals surface area contributed by atoms with Crippen molar-refractivity contribution in [3.8, 4) is 0 Å². The molecule has 2 heterocycles. The summed E-state index contributed by atoms with van der Waals surface area (Å²) >= 11 is 0. The molecule has 0 radical (unpaired) electrons. The van der Waals surface area contributed by atoms with Gasteiger partial charge in [-0.15, -0.1) is 0 Å². The van der Waals surface area contributed by atoms with Crippen molar-refractivity contribution in [2.75, 3.05) is 0 Å². The van der Waals surface area contributed by atoms with E-state index in [0.717, 1.165) is 0 Å². The van der Waals surface area contributed by atoms with Crippen LogP contribution >= 0.6 is 0 Å². The number of aliphatic hydroxyl groups is 2. The lowest BCUT2D eigenvalue weighted by Crippen LogP contribution is -2.55. The molecule has 1 saturated heterocycles. The van der Waals surface area contributed by atoms with Gasteiger partial charge >= 0.3 is 5.69 Å². The van der Waals surface area contributed by atoms with Gasteiger partial charge in [-0.05, 0) is 12.3 Å². The van der Waals surface area contributed by atoms with Gasteiger partial charge in [0.2, 0.25) is 0 Å². The van der Waals surface area contributed by atoms with Crippen molar-refractivity contribution in [2.24, 2.45) is 5.41 Å². The Hall–Kier alpha value is -1.55. The number of hydrogen-bond donors (Lipinski definition) is 3. The Morgan fingerprint density at radius 2 is 2.00 bits per heavy atom. The molecule has 0 aromatic carbocycles. The number of aldehydes is 1. The minimum Gasteiger partial charge on any atom is -0.386 e. The van der Waals surface area contributed by atoms with E-state index in [-0.39, 0.29) is 6.42 Å². The van der Waals surface area contributed by atoms with Gasteiger partial charge in [0.25, 0.3) is 5.56 Å². The molecule has 0 aliphatic carbocycles. The number of rotatable bonds is 4. The highest BCUT2D eigenvalue weighted by Gasteiger charge is 2.64. The van der Waals surface area contributed by atoms with E-state index in [9.17, 15) is 24.6 Å². The summed E-state index contributed by atoms with van der Waals surface area (Å²) in [6.07, 6.45) is -0.927. The van der Waals surface area contributed by atoms with Crippen LogP contribution in [-0.4, -0.2) is 52.7 Å². The summed E-state index contributed by atoms with van der Waals surface area (Å²) in [5.41, 5.74) is -3.07. The van der Waals surface area contributed by atoms with E-state index in [0.29, 0.717) is 11.8 Å². The summed E-state index contributed by atoms with van der Waals surface area (Å²) in [5.74, 6) is 0. The number of ether oxygens (including phenoxy) is 1. The van der Waals surface area contributed by atoms with Crippen molar-refractivity contribution in [2.45, 2.75) is 70.4 Å². The zero-order valence-electron chi connectivity index (χ0n) is 16.1. The first-order valence-electron chi connectivity index (χ1n) is 8.67. The Morgan fingerprint density at radius 3 is 2.46 bits per heavy atom. The molecule has 8 nitrogen and oxygen atoms in total. The van der Waals surface area contributed by atoms with Gasteiger partial charge in [0, 0.05) is 18.2 Å². The number of carbonyl (C=O) groups is 1. The van der Waals surface area contributed by atoms with Crippen LogP contribution in [0.2, 0.25) is 13.1 Å². The SMILES string of the molecule is Cc1cn([C@@]2([SiH](C)C)C[C@@](O)(C(C)(C)C)[C@@H](C(O)C=O)O2)c(=O)[nH]c1=O. The molecule has 0 amide bonds. The maximum atomic E-state index is 12.5. The maximum Gasteiger partial charge on any atom is 0.330 e. The first kappa shape index (κ1) is 20.8. The fourth-order valence-corrected chi connectivity index (χ4v) is 5.46. The number of aromatic amines is 1. The van der Waals surface area contributed by atoms with E-state index in [2.05, 4.69) is 4.98 Å². The fraction of sp³-hybridized carbons (Fsp3) is 0.706. The third-order valence-electron chi connectivity index (χ3n) is 5.50. The average Bonchev–Trinajstić information content (AvgIpc) is 2.86. The van der Waals surface area contributed by atoms with Gasteiger partial charge in [0.15, 0.2) is 6.29 Å². The zero-order valence-corrected chi connectivity index (χ0v) is 17.2. The highest BCUT2D eigenvalue weighted by atomic mass is 28.3. The molecule has 1 aromatic rings. The number of nitrogens with zero attached hydrogens (tertiary/aromatic N) is 1. The van der Waals surface area contributed by atoms with Gasteiger partial charge in [-0.3, -0.25) is 14.3 Å². The molecule has 3 N–H and O–H groups in total. The molecular formula is C17H28N2O6Si. The maximum absolute atomic E-state index is 12.5. The molecule has 1 unspecified atom stereocenters. The van der Waals surface area contributed by atoms with Crippen molar-refractivity contribution in [1.82, 2.24) is 9.55 Å². The predicted octanol–water partition coefficient (Wildman–Crippen LogP) is -0.350. The number of aliphatic hydroxyl groups excluding tert-OH is 1. The van der Waals surface area contributed by atoms with Crippen LogP contribution in [0.5, 0.6) is 0 Å². The topological polar surface area (TPSA) is 122 Å². The van der Waals surface area contributed by atoms with Crippen LogP contribution in [0.15, 0.2) is 15.8 Å². The normalized spacial score (nSPS) is 30.6. The van der Waals surface area contributed by atoms with Gasteiger partial charge in [0.05, 0.1) is 8.80 Å². The van der Waals surface area contributed by atoms with Gasteiger partial charge < -0.3 is 19.7 Å². The molecule has 2 rings (SSSR count). The van der Waals surface area contributed by atoms with Crippen molar-refractivity contribution in [3.63, 3.8) is 0 Å². The summed E-state index contributed by atoms with van der Waals surface area (Å²) in [5, 5.41) is 20.5. The van der Waals surface area contributed by atoms with Crippen LogP contribution in [0.4, 0.5) is 0 Å². The van der Waals surface area contributed by atoms with Crippen LogP contribution in [0.1, 0.15) is 32.8 Å². The van der Waals surface area contributed by atoms with E-state index < -0.39 is 48.6 Å². The Kier molecular flexibility index (Phi) is 5.23. The van der Waals surface area contributed by atoms with Crippen LogP contribution in [-0.2, 0) is 14.9 Å². The molecule has 1 aromatic heterocycles. The second kappa shape index (κ2) is 6.56. The number of H-pyrrole nitrogens is 1. The second-order valence-electron chi connectivity index (χ2n) is 8.46. The molecule has 0 spiro atoms. The quantitative estimate of drug-likeness (QED) is 0.482. The molecule has 1 aliphatic heterocycles. The minimum atomic E-state index is -1.86. The zero-order chi connectivity index (χ0) is 20.1. The lowest BCUT2D eigenvalue weighted by Gasteiger charge is -2.41. The largest absolute Gasteiger partial charge is 0.386 e. The summed E-state index contributed by atoms with van der Waals surface area (Å²) in [4.78, 5) is 37.8. The molecular weight excluding hydrogens is 356 g/mol. The fourth-order valence-electron chi connectivity index (χ4n) is 3.57. The summed E-state index contributed by atoms with van der Waals surface area (Å²) in [7, 11) is -1.86. The standard InChI is InChI=1S/C17H28N2O6Si/c1-10-7-19(14(23)18-13(10)22)17(26(5)6)9-16(24,15(2,3)4)12(25-17)11(21)8-20/h7-8,11-12,21,24,26H,9H2,1-6H3,(H,18,22,23)/t11?,12-,16+,17+/m1/s1. The van der Waals surface area contributed by atoms with Crippen molar-refractivity contribution in [3.05, 3.63) is 32.6 Å². The van der Waals surface area contributed by atoms with Crippen LogP contribution < -0.4 is 11.2 Å². The lowest BCUT2D eigenvalue weighted by molar-refractivity contribution is -0.163. The summed E-state index contributed by atoms with van der Waals surface area (Å²) in [6.45, 7) is 10.9. The predicted molar refractivity (Wildman–Crippen MR) is 98.9 cm³/mol. The molecule has 1 fully saturated rings. The molecule has 0 saturated carbocycles. The Bertz CT molecular complexity index is 811. The minimum absolute atomic E-state index is 0.0361. The first-order valence-corrected chi connectivity index (χ1v) is 11.6. The highest BCUT2D eigenvalue weighted by molar-refractivity contribution is 6.58. The van der Waals surface area contributed by atoms with E-state index in [1.165, 1.54) is 10.8 Å². The molecule has 0 bridgehead atoms. The average molecular weight is 385 g/mol. The molecule has 26 heavy (non-hydrogen) atoms. The summed E-state index contributed by atoms with van der Waals surface area (Å²) < 4.78 is 7.45. The second-order valence-corrected chi connectivity index (χ2v) is 11.7. The van der Waals surface area contributed by atoms with Crippen molar-refractivity contribution < 1.29 is 19.7 Å². The lowest BCUT2D eigenvalue weighted by atomic mass is 9.71. The Labute approximate surface area is 153 Å². The Balaban J connectivity index is 2.75. The third kappa shape index (κ3) is 3.02.